The summed E-state index contributed by atoms with van der Waals surface area (Å²) in [5.41, 5.74) is 2.70. The van der Waals surface area contributed by atoms with E-state index in [2.05, 4.69) is 28.3 Å². The maximum Gasteiger partial charge on any atom is 0.317 e. The van der Waals surface area contributed by atoms with E-state index in [4.69, 9.17) is 0 Å². The van der Waals surface area contributed by atoms with E-state index in [1.807, 2.05) is 4.90 Å². The van der Waals surface area contributed by atoms with Gasteiger partial charge in [0.25, 0.3) is 0 Å². The van der Waals surface area contributed by atoms with Crippen molar-refractivity contribution in [2.24, 2.45) is 0 Å². The van der Waals surface area contributed by atoms with E-state index in [-0.39, 0.29) is 6.03 Å². The number of nitrogens with zero attached hydrogens (tertiary/aromatic N) is 1. The van der Waals surface area contributed by atoms with Gasteiger partial charge in [-0.15, -0.1) is 0 Å². The lowest BCUT2D eigenvalue weighted by Crippen LogP contribution is -2.34. The predicted octanol–water partition coefficient (Wildman–Crippen LogP) is 1.17. The fraction of sp³-hybridized carbons (Fsp3) is 0.545. The standard InChI is InChI=1S/C11H17N3OS/c1-9-7-16-8-10(9)6-12-2-4-14-5-3-13-11(14)15/h7-8,12H,2-6H2,1H3,(H,13,15). The van der Waals surface area contributed by atoms with Gasteiger partial charge in [0, 0.05) is 32.7 Å². The molecule has 2 N–H and O–H groups in total. The topological polar surface area (TPSA) is 44.4 Å². The highest BCUT2D eigenvalue weighted by molar-refractivity contribution is 7.08. The van der Waals surface area contributed by atoms with E-state index in [1.165, 1.54) is 11.1 Å². The molecule has 0 bridgehead atoms. The molecule has 5 heteroatoms. The van der Waals surface area contributed by atoms with Crippen LogP contribution in [-0.2, 0) is 6.54 Å². The lowest BCUT2D eigenvalue weighted by atomic mass is 10.2. The third-order valence-corrected chi connectivity index (χ3v) is 3.69. The van der Waals surface area contributed by atoms with E-state index in [1.54, 1.807) is 11.3 Å². The van der Waals surface area contributed by atoms with Crippen LogP contribution in [0.2, 0.25) is 0 Å². The Labute approximate surface area is 99.6 Å². The minimum Gasteiger partial charge on any atom is -0.336 e. The van der Waals surface area contributed by atoms with Crippen molar-refractivity contribution >= 4 is 17.4 Å². The van der Waals surface area contributed by atoms with E-state index in [0.29, 0.717) is 0 Å². The summed E-state index contributed by atoms with van der Waals surface area (Å²) in [6, 6.07) is 0.0634. The predicted molar refractivity (Wildman–Crippen MR) is 65.7 cm³/mol. The summed E-state index contributed by atoms with van der Waals surface area (Å²) >= 11 is 1.74. The molecule has 4 nitrogen and oxygen atoms in total. The Morgan fingerprint density at radius 3 is 3.06 bits per heavy atom. The molecule has 2 rings (SSSR count). The molecule has 1 aromatic rings. The lowest BCUT2D eigenvalue weighted by Gasteiger charge is -2.14. The van der Waals surface area contributed by atoms with Gasteiger partial charge in [-0.3, -0.25) is 0 Å². The van der Waals surface area contributed by atoms with Crippen LogP contribution in [0.3, 0.4) is 0 Å². The van der Waals surface area contributed by atoms with Crippen LogP contribution < -0.4 is 10.6 Å². The number of aryl methyl sites for hydroxylation is 1. The molecule has 1 aromatic heterocycles. The summed E-state index contributed by atoms with van der Waals surface area (Å²) in [7, 11) is 0. The van der Waals surface area contributed by atoms with Crippen molar-refractivity contribution < 1.29 is 4.79 Å². The first kappa shape index (κ1) is 11.4. The molecule has 0 unspecified atom stereocenters. The van der Waals surface area contributed by atoms with Crippen LogP contribution in [0.15, 0.2) is 10.8 Å². The van der Waals surface area contributed by atoms with Gasteiger partial charge in [0.15, 0.2) is 0 Å². The molecule has 2 amide bonds. The number of urea groups is 1. The van der Waals surface area contributed by atoms with Gasteiger partial charge in [-0.05, 0) is 28.8 Å². The maximum absolute atomic E-state index is 11.2. The molecular formula is C11H17N3OS. The van der Waals surface area contributed by atoms with Crippen LogP contribution >= 0.6 is 11.3 Å². The summed E-state index contributed by atoms with van der Waals surface area (Å²) in [5, 5.41) is 10.5. The Morgan fingerprint density at radius 2 is 2.44 bits per heavy atom. The average Bonchev–Trinajstić information content (AvgIpc) is 2.84. The van der Waals surface area contributed by atoms with Crippen LogP contribution in [0, 0.1) is 6.92 Å². The van der Waals surface area contributed by atoms with Gasteiger partial charge in [0.2, 0.25) is 0 Å². The Morgan fingerprint density at radius 1 is 1.56 bits per heavy atom. The molecule has 0 aliphatic carbocycles. The van der Waals surface area contributed by atoms with Crippen molar-refractivity contribution in [3.05, 3.63) is 21.9 Å². The van der Waals surface area contributed by atoms with Gasteiger partial charge in [0.05, 0.1) is 0 Å². The molecule has 1 aliphatic heterocycles. The van der Waals surface area contributed by atoms with E-state index in [0.717, 1.165) is 32.7 Å². The number of nitrogens with one attached hydrogen (secondary N) is 2. The van der Waals surface area contributed by atoms with Crippen molar-refractivity contribution in [2.45, 2.75) is 13.5 Å². The first-order valence-electron chi connectivity index (χ1n) is 5.52. The number of carbonyl (C=O) groups excluding carboxylic acids is 1. The van der Waals surface area contributed by atoms with Crippen molar-refractivity contribution in [1.82, 2.24) is 15.5 Å². The van der Waals surface area contributed by atoms with Crippen LogP contribution in [-0.4, -0.2) is 37.1 Å². The Bertz CT molecular complexity index is 364. The zero-order valence-corrected chi connectivity index (χ0v) is 10.3. The third kappa shape index (κ3) is 2.74. The molecule has 1 aliphatic rings. The van der Waals surface area contributed by atoms with Crippen molar-refractivity contribution in [3.63, 3.8) is 0 Å². The molecule has 88 valence electrons. The Hall–Kier alpha value is -1.07. The number of carbonyl (C=O) groups is 1. The summed E-state index contributed by atoms with van der Waals surface area (Å²) < 4.78 is 0. The van der Waals surface area contributed by atoms with E-state index < -0.39 is 0 Å². The number of hydrogen-bond donors (Lipinski definition) is 2. The van der Waals surface area contributed by atoms with Gasteiger partial charge in [-0.2, -0.15) is 11.3 Å². The largest absolute Gasteiger partial charge is 0.336 e. The second-order valence-corrected chi connectivity index (χ2v) is 4.72. The molecule has 0 aromatic carbocycles. The molecule has 0 spiro atoms. The molecule has 0 saturated carbocycles. The molecule has 1 fully saturated rings. The van der Waals surface area contributed by atoms with Crippen LogP contribution in [0.1, 0.15) is 11.1 Å². The average molecular weight is 239 g/mol. The maximum atomic E-state index is 11.2. The highest BCUT2D eigenvalue weighted by Gasteiger charge is 2.17. The molecule has 0 atom stereocenters. The Kier molecular flexibility index (Phi) is 3.79. The molecule has 1 saturated heterocycles. The normalized spacial score (nSPS) is 15.6. The number of amides is 2. The minimum absolute atomic E-state index is 0.0634. The van der Waals surface area contributed by atoms with Crippen LogP contribution in [0.5, 0.6) is 0 Å². The summed E-state index contributed by atoms with van der Waals surface area (Å²) in [5.74, 6) is 0. The minimum atomic E-state index is 0.0634. The highest BCUT2D eigenvalue weighted by atomic mass is 32.1. The first-order valence-corrected chi connectivity index (χ1v) is 6.47. The van der Waals surface area contributed by atoms with E-state index in [9.17, 15) is 4.79 Å². The SMILES string of the molecule is Cc1cscc1CNCCN1CCNC1=O. The van der Waals surface area contributed by atoms with Crippen molar-refractivity contribution in [2.75, 3.05) is 26.2 Å². The molecule has 2 heterocycles. The highest BCUT2D eigenvalue weighted by Crippen LogP contribution is 2.12. The molecule has 0 radical (unpaired) electrons. The zero-order valence-electron chi connectivity index (χ0n) is 9.45. The zero-order chi connectivity index (χ0) is 11.4. The first-order chi connectivity index (χ1) is 7.77. The summed E-state index contributed by atoms with van der Waals surface area (Å²) in [6.45, 7) is 6.27. The summed E-state index contributed by atoms with van der Waals surface area (Å²) in [4.78, 5) is 13.1. The number of rotatable bonds is 5. The Balaban J connectivity index is 1.65. The molecule has 16 heavy (non-hydrogen) atoms. The van der Waals surface area contributed by atoms with Gasteiger partial charge in [-0.1, -0.05) is 0 Å². The number of hydrogen-bond acceptors (Lipinski definition) is 3. The van der Waals surface area contributed by atoms with Crippen LogP contribution in [0.4, 0.5) is 4.79 Å². The van der Waals surface area contributed by atoms with Gasteiger partial charge >= 0.3 is 6.03 Å². The third-order valence-electron chi connectivity index (χ3n) is 2.78. The second-order valence-electron chi connectivity index (χ2n) is 3.98. The van der Waals surface area contributed by atoms with E-state index >= 15 is 0 Å². The van der Waals surface area contributed by atoms with Crippen molar-refractivity contribution in [1.29, 1.82) is 0 Å². The quantitative estimate of drug-likeness (QED) is 0.758. The van der Waals surface area contributed by atoms with Crippen LogP contribution in [0.25, 0.3) is 0 Å². The van der Waals surface area contributed by atoms with Crippen molar-refractivity contribution in [3.8, 4) is 0 Å². The molecular weight excluding hydrogens is 222 g/mol. The van der Waals surface area contributed by atoms with Gasteiger partial charge < -0.3 is 15.5 Å². The fourth-order valence-corrected chi connectivity index (χ4v) is 2.59. The second kappa shape index (κ2) is 5.32. The van der Waals surface area contributed by atoms with Gasteiger partial charge in [-0.25, -0.2) is 4.79 Å². The number of thiophene rings is 1. The van der Waals surface area contributed by atoms with Gasteiger partial charge in [0.1, 0.15) is 0 Å². The monoisotopic (exact) mass is 239 g/mol. The summed E-state index contributed by atoms with van der Waals surface area (Å²) in [6.07, 6.45) is 0. The lowest BCUT2D eigenvalue weighted by molar-refractivity contribution is 0.217. The fourth-order valence-electron chi connectivity index (χ4n) is 1.73. The smallest absolute Gasteiger partial charge is 0.317 e.